The summed E-state index contributed by atoms with van der Waals surface area (Å²) in [4.78, 5) is 0. The van der Waals surface area contributed by atoms with E-state index in [4.69, 9.17) is 26.6 Å². The highest BCUT2D eigenvalue weighted by atomic mass is 33.7. The van der Waals surface area contributed by atoms with Crippen molar-refractivity contribution in [2.45, 2.75) is 119 Å². The van der Waals surface area contributed by atoms with Crippen molar-refractivity contribution in [2.75, 3.05) is 24.7 Å². The summed E-state index contributed by atoms with van der Waals surface area (Å²) >= 11 is 0. The van der Waals surface area contributed by atoms with Crippen LogP contribution in [0.2, 0.25) is 12.1 Å². The first-order chi connectivity index (χ1) is 16.0. The second kappa shape index (κ2) is 20.5. The van der Waals surface area contributed by atoms with Crippen molar-refractivity contribution in [3.8, 4) is 0 Å². The summed E-state index contributed by atoms with van der Waals surface area (Å²) in [6, 6.07) is 1.72. The minimum Gasteiger partial charge on any atom is -0.374 e. The van der Waals surface area contributed by atoms with E-state index >= 15 is 0 Å². The number of hydrogen-bond acceptors (Lipinski definition) is 10. The first-order valence-electron chi connectivity index (χ1n) is 12.6. The number of rotatable bonds is 23. The third kappa shape index (κ3) is 17.9. The second-order valence-corrected chi connectivity index (χ2v) is 20.4. The van der Waals surface area contributed by atoms with Crippen LogP contribution in [-0.4, -0.2) is 66.7 Å². The van der Waals surface area contributed by atoms with Crippen molar-refractivity contribution in [2.24, 2.45) is 0 Å². The lowest BCUT2D eigenvalue weighted by molar-refractivity contribution is 0.0211. The molecular formula is C22H50O6S4Si2. The maximum absolute atomic E-state index is 6.20. The molecule has 0 fully saturated rings. The summed E-state index contributed by atoms with van der Waals surface area (Å²) in [5.74, 6) is 2.10. The molecule has 34 heavy (non-hydrogen) atoms. The molecule has 206 valence electrons. The Kier molecular flexibility index (Phi) is 21.5. The zero-order chi connectivity index (χ0) is 26.0. The van der Waals surface area contributed by atoms with Crippen molar-refractivity contribution in [3.05, 3.63) is 0 Å². The van der Waals surface area contributed by atoms with Gasteiger partial charge in [-0.25, -0.2) is 0 Å². The lowest BCUT2D eigenvalue weighted by Crippen LogP contribution is -2.49. The van der Waals surface area contributed by atoms with E-state index in [-0.39, 0.29) is 24.4 Å². The summed E-state index contributed by atoms with van der Waals surface area (Å²) in [6.07, 6.45) is 2.46. The Hall–Kier alpha value is 1.59. The van der Waals surface area contributed by atoms with Crippen LogP contribution in [0.15, 0.2) is 0 Å². The average Bonchev–Trinajstić information content (AvgIpc) is 2.67. The van der Waals surface area contributed by atoms with Crippen molar-refractivity contribution < 1.29 is 26.6 Å². The highest BCUT2D eigenvalue weighted by Crippen LogP contribution is 2.44. The zero-order valence-corrected chi connectivity index (χ0v) is 28.3. The molecule has 0 spiro atoms. The summed E-state index contributed by atoms with van der Waals surface area (Å²) in [6.45, 7) is 21.7. The predicted molar refractivity (Wildman–Crippen MR) is 159 cm³/mol. The zero-order valence-electron chi connectivity index (χ0n) is 23.0. The molecular weight excluding hydrogens is 545 g/mol. The van der Waals surface area contributed by atoms with Crippen molar-refractivity contribution in [1.82, 2.24) is 0 Å². The first kappa shape index (κ1) is 35.6. The Morgan fingerprint density at radius 2 is 0.824 bits per heavy atom. The van der Waals surface area contributed by atoms with Gasteiger partial charge in [0.1, 0.15) is 0 Å². The predicted octanol–water partition coefficient (Wildman–Crippen LogP) is 8.10. The minimum atomic E-state index is -2.62. The molecule has 0 aliphatic heterocycles. The van der Waals surface area contributed by atoms with Gasteiger partial charge in [-0.15, -0.1) is 0 Å². The van der Waals surface area contributed by atoms with Crippen LogP contribution >= 0.6 is 41.2 Å². The molecule has 0 aromatic heterocycles. The SMILES string of the molecule is CCO[Si](CCCSSSSCCC[Si](OCC)(OC(C)C)OC(C)C)(OC(C)C)OC(C)C. The van der Waals surface area contributed by atoms with Crippen LogP contribution in [0.5, 0.6) is 0 Å². The molecule has 0 amide bonds. The Morgan fingerprint density at radius 1 is 0.529 bits per heavy atom. The van der Waals surface area contributed by atoms with Gasteiger partial charge in [-0.05, 0) is 102 Å². The fourth-order valence-corrected chi connectivity index (χ4v) is 16.0. The third-order valence-corrected chi connectivity index (χ3v) is 17.3. The third-order valence-electron chi connectivity index (χ3n) is 3.93. The van der Waals surface area contributed by atoms with Gasteiger partial charge in [0.25, 0.3) is 0 Å². The highest BCUT2D eigenvalue weighted by Gasteiger charge is 2.43. The smallest absolute Gasteiger partial charge is 0.374 e. The van der Waals surface area contributed by atoms with Gasteiger partial charge in [0, 0.05) is 61.2 Å². The molecule has 0 bridgehead atoms. The molecule has 0 unspecified atom stereocenters. The Labute approximate surface area is 227 Å². The molecule has 0 rings (SSSR count). The molecule has 0 heterocycles. The first-order valence-corrected chi connectivity index (χ1v) is 21.6. The van der Waals surface area contributed by atoms with Crippen LogP contribution < -0.4 is 0 Å². The normalized spacial score (nSPS) is 13.2. The molecule has 0 aromatic rings. The van der Waals surface area contributed by atoms with Gasteiger partial charge < -0.3 is 26.6 Å². The molecule has 0 aliphatic rings. The fourth-order valence-electron chi connectivity index (χ4n) is 3.25. The van der Waals surface area contributed by atoms with Crippen molar-refractivity contribution >= 4 is 58.8 Å². The van der Waals surface area contributed by atoms with E-state index in [1.807, 2.05) is 110 Å². The highest BCUT2D eigenvalue weighted by molar-refractivity contribution is 9.26. The van der Waals surface area contributed by atoms with Gasteiger partial charge >= 0.3 is 17.6 Å². The van der Waals surface area contributed by atoms with Gasteiger partial charge in [0.15, 0.2) is 0 Å². The van der Waals surface area contributed by atoms with Crippen LogP contribution in [0.1, 0.15) is 82.1 Å². The largest absolute Gasteiger partial charge is 0.501 e. The van der Waals surface area contributed by atoms with E-state index in [1.54, 1.807) is 0 Å². The molecule has 0 aliphatic carbocycles. The molecule has 0 saturated carbocycles. The maximum atomic E-state index is 6.20. The summed E-state index contributed by atoms with van der Waals surface area (Å²) in [5, 5.41) is 0. The Bertz CT molecular complexity index is 428. The second-order valence-electron chi connectivity index (χ2n) is 8.89. The van der Waals surface area contributed by atoms with E-state index in [9.17, 15) is 0 Å². The standard InChI is InChI=1S/C22H50O6S4Si2/c1-11-23-33(25-19(3)4,26-20(5)6)17-13-15-29-31-32-30-16-14-18-34(24-12-2,27-21(7)8)28-22(9)10/h19-22H,11-18H2,1-10H3. The molecule has 0 aromatic carbocycles. The van der Waals surface area contributed by atoms with Gasteiger partial charge in [-0.3, -0.25) is 0 Å². The maximum Gasteiger partial charge on any atom is 0.501 e. The summed E-state index contributed by atoms with van der Waals surface area (Å²) < 4.78 is 36.9. The van der Waals surface area contributed by atoms with Crippen LogP contribution in [0.3, 0.4) is 0 Å². The molecule has 12 heteroatoms. The monoisotopic (exact) mass is 594 g/mol. The van der Waals surface area contributed by atoms with Crippen LogP contribution in [0, 0.1) is 0 Å². The van der Waals surface area contributed by atoms with Crippen LogP contribution in [0.4, 0.5) is 0 Å². The van der Waals surface area contributed by atoms with Gasteiger partial charge in [-0.1, -0.05) is 21.6 Å². The van der Waals surface area contributed by atoms with E-state index in [0.717, 1.165) is 36.4 Å². The van der Waals surface area contributed by atoms with E-state index in [0.29, 0.717) is 13.2 Å². The van der Waals surface area contributed by atoms with Crippen LogP contribution in [-0.2, 0) is 26.6 Å². The number of hydrogen-bond donors (Lipinski definition) is 0. The molecule has 0 radical (unpaired) electrons. The molecule has 0 N–H and O–H groups in total. The molecule has 0 atom stereocenters. The van der Waals surface area contributed by atoms with Gasteiger partial charge in [0.05, 0.1) is 0 Å². The lowest BCUT2D eigenvalue weighted by atomic mass is 10.5. The topological polar surface area (TPSA) is 55.4 Å². The molecule has 6 nitrogen and oxygen atoms in total. The Balaban J connectivity index is 4.29. The van der Waals surface area contributed by atoms with E-state index in [2.05, 4.69) is 0 Å². The fraction of sp³-hybridized carbons (Fsp3) is 1.00. The van der Waals surface area contributed by atoms with E-state index in [1.165, 1.54) is 0 Å². The van der Waals surface area contributed by atoms with Crippen molar-refractivity contribution in [1.29, 1.82) is 0 Å². The minimum absolute atomic E-state index is 0.104. The lowest BCUT2D eigenvalue weighted by Gasteiger charge is -2.32. The van der Waals surface area contributed by atoms with Crippen LogP contribution in [0.25, 0.3) is 0 Å². The van der Waals surface area contributed by atoms with Gasteiger partial charge in [0.2, 0.25) is 0 Å². The van der Waals surface area contributed by atoms with E-state index < -0.39 is 17.6 Å². The van der Waals surface area contributed by atoms with Gasteiger partial charge in [-0.2, -0.15) is 0 Å². The summed E-state index contributed by atoms with van der Waals surface area (Å²) in [5.41, 5.74) is 0. The van der Waals surface area contributed by atoms with Crippen molar-refractivity contribution in [3.63, 3.8) is 0 Å². The average molecular weight is 595 g/mol. The molecule has 0 saturated heterocycles. The quantitative estimate of drug-likeness (QED) is 0.0659. The summed E-state index contributed by atoms with van der Waals surface area (Å²) in [7, 11) is 2.21. The Morgan fingerprint density at radius 3 is 1.06 bits per heavy atom.